The number of carbonyl (C=O) groups excluding carboxylic acids is 8. The second-order valence-corrected chi connectivity index (χ2v) is 18.5. The molecule has 22 heteroatoms. The first-order valence-corrected chi connectivity index (χ1v) is 24.0. The zero-order valence-electron chi connectivity index (χ0n) is 41.8. The normalized spacial score (nSPS) is 15.0. The van der Waals surface area contributed by atoms with Crippen molar-refractivity contribution in [1.29, 1.82) is 0 Å². The van der Waals surface area contributed by atoms with E-state index in [1.54, 1.807) is 58.0 Å². The fraction of sp³-hybridized carbons (Fsp3) is 0.571. The van der Waals surface area contributed by atoms with Crippen LogP contribution in [0.25, 0.3) is 0 Å². The van der Waals surface area contributed by atoms with Crippen molar-refractivity contribution in [2.45, 2.75) is 142 Å². The maximum Gasteiger partial charge on any atom is 0.326 e. The number of aliphatic carboxylic acids is 1. The lowest BCUT2D eigenvalue weighted by molar-refractivity contribution is -0.143. The highest BCUT2D eigenvalue weighted by Gasteiger charge is 2.34. The lowest BCUT2D eigenvalue weighted by Crippen LogP contribution is -2.59. The monoisotopic (exact) mass is 997 g/mol. The molecule has 0 aliphatic rings. The Morgan fingerprint density at radius 3 is 1.58 bits per heavy atom. The number of aliphatic hydroxyl groups excluding tert-OH is 1. The van der Waals surface area contributed by atoms with Crippen molar-refractivity contribution in [2.24, 2.45) is 29.2 Å². The van der Waals surface area contributed by atoms with E-state index in [1.807, 2.05) is 13.8 Å². The maximum atomic E-state index is 14.1. The summed E-state index contributed by atoms with van der Waals surface area (Å²) in [7, 11) is 0. The molecule has 2 rings (SSSR count). The van der Waals surface area contributed by atoms with Crippen LogP contribution in [0.4, 0.5) is 0 Å². The Morgan fingerprint density at radius 1 is 0.577 bits per heavy atom. The smallest absolute Gasteiger partial charge is 0.326 e. The quantitative estimate of drug-likeness (QED) is 0.0403. The SMILES string of the molecule is CC[C@H](C)[C@H](NC(=O)[C@H](Cc1ccc(O)cc1)NC(=O)CNC(=O)[C@@H](N)[C@@H](C)O)C(=O)NCC(=O)N[C@@H](CCCCN)C(=O)N[C@@H](Cc1ccccc1)C(=O)N[C@@H](CC(C)C)C(=O)N[C@H](C(=O)O)C(C)C. The van der Waals surface area contributed by atoms with E-state index in [2.05, 4.69) is 42.5 Å². The molecule has 0 spiro atoms. The Kier molecular flexibility index (Phi) is 26.3. The van der Waals surface area contributed by atoms with Crippen molar-refractivity contribution in [3.63, 3.8) is 0 Å². The molecule has 0 fully saturated rings. The van der Waals surface area contributed by atoms with Gasteiger partial charge in [-0.3, -0.25) is 38.4 Å². The third kappa shape index (κ3) is 21.9. The molecule has 0 bridgehead atoms. The molecule has 71 heavy (non-hydrogen) atoms. The number of unbranched alkanes of at least 4 members (excludes halogenated alkanes) is 1. The summed E-state index contributed by atoms with van der Waals surface area (Å²) in [5.41, 5.74) is 12.6. The minimum Gasteiger partial charge on any atom is -0.508 e. The number of amides is 8. The number of hydrogen-bond donors (Lipinski definition) is 13. The first-order valence-electron chi connectivity index (χ1n) is 24.0. The van der Waals surface area contributed by atoms with E-state index < -0.39 is 127 Å². The van der Waals surface area contributed by atoms with Crippen LogP contribution < -0.4 is 54.0 Å². The number of carboxylic acid groups (broad SMARTS) is 1. The Hall–Kier alpha value is -6.65. The average molecular weight is 997 g/mol. The second-order valence-electron chi connectivity index (χ2n) is 18.5. The molecule has 0 saturated carbocycles. The summed E-state index contributed by atoms with van der Waals surface area (Å²) in [6, 6.07) is 5.88. The van der Waals surface area contributed by atoms with Gasteiger partial charge in [-0.1, -0.05) is 90.4 Å². The van der Waals surface area contributed by atoms with Crippen LogP contribution in [0, 0.1) is 17.8 Å². The maximum absolute atomic E-state index is 14.1. The fourth-order valence-corrected chi connectivity index (χ4v) is 7.14. The molecule has 0 heterocycles. The zero-order chi connectivity index (χ0) is 53.4. The zero-order valence-corrected chi connectivity index (χ0v) is 41.8. The molecular weight excluding hydrogens is 921 g/mol. The van der Waals surface area contributed by atoms with E-state index in [9.17, 15) is 58.5 Å². The average Bonchev–Trinajstić information content (AvgIpc) is 3.32. The molecule has 0 aliphatic heterocycles. The Morgan fingerprint density at radius 2 is 1.06 bits per heavy atom. The van der Waals surface area contributed by atoms with E-state index in [1.165, 1.54) is 31.2 Å². The van der Waals surface area contributed by atoms with E-state index in [4.69, 9.17) is 11.5 Å². The van der Waals surface area contributed by atoms with Gasteiger partial charge in [0, 0.05) is 12.8 Å². The Bertz CT molecular complexity index is 2070. The molecule has 2 aromatic carbocycles. The Labute approximate surface area is 415 Å². The van der Waals surface area contributed by atoms with Gasteiger partial charge in [-0.15, -0.1) is 0 Å². The number of nitrogens with one attached hydrogen (secondary N) is 8. The number of rotatable bonds is 31. The minimum absolute atomic E-state index is 0.0187. The van der Waals surface area contributed by atoms with Gasteiger partial charge < -0.3 is 69.3 Å². The molecule has 2 aromatic rings. The van der Waals surface area contributed by atoms with Crippen LogP contribution in [0.2, 0.25) is 0 Å². The number of benzene rings is 2. The van der Waals surface area contributed by atoms with Gasteiger partial charge in [0.2, 0.25) is 47.3 Å². The molecule has 0 unspecified atom stereocenters. The van der Waals surface area contributed by atoms with Gasteiger partial charge >= 0.3 is 5.97 Å². The van der Waals surface area contributed by atoms with E-state index in [0.717, 1.165) is 0 Å². The van der Waals surface area contributed by atoms with Gasteiger partial charge in [0.05, 0.1) is 19.2 Å². The molecule has 0 saturated heterocycles. The summed E-state index contributed by atoms with van der Waals surface area (Å²) in [5.74, 6) is -8.46. The van der Waals surface area contributed by atoms with Crippen LogP contribution in [-0.2, 0) is 56.0 Å². The summed E-state index contributed by atoms with van der Waals surface area (Å²) < 4.78 is 0. The molecule has 15 N–H and O–H groups in total. The van der Waals surface area contributed by atoms with Crippen LogP contribution >= 0.6 is 0 Å². The standard InChI is InChI=1S/C49H76N10O12/c1-8-29(6)42(59-46(67)36(24-32-17-19-33(61)20-18-32)55-39(63)25-52-47(68)40(51)30(7)60)48(69)53-26-38(62)54-34(16-12-13-21-50)43(64)57-37(23-31-14-10-9-11-15-31)44(65)56-35(22-27(2)3)45(66)58-41(28(4)5)49(70)71/h9-11,14-15,17-20,27-30,34-37,40-42,60-61H,8,12-13,16,21-26,50-51H2,1-7H3,(H,52,68)(H,53,69)(H,54,62)(H,55,63)(H,56,65)(H,57,64)(H,58,66)(H,59,67)(H,70,71)/t29-,30+,34-,35-,36-,37-,40-,41-,42-/m0/s1. The molecule has 0 radical (unpaired) electrons. The van der Waals surface area contributed by atoms with E-state index in [0.29, 0.717) is 30.4 Å². The summed E-state index contributed by atoms with van der Waals surface area (Å²) in [6.45, 7) is 10.7. The third-order valence-electron chi connectivity index (χ3n) is 11.6. The van der Waals surface area contributed by atoms with Gasteiger partial charge in [-0.05, 0) is 80.2 Å². The first-order chi connectivity index (χ1) is 33.5. The van der Waals surface area contributed by atoms with E-state index >= 15 is 0 Å². The molecule has 22 nitrogen and oxygen atoms in total. The van der Waals surface area contributed by atoms with Gasteiger partial charge in [0.1, 0.15) is 48.0 Å². The lowest BCUT2D eigenvalue weighted by Gasteiger charge is -2.28. The van der Waals surface area contributed by atoms with Crippen molar-refractivity contribution >= 4 is 53.2 Å². The fourth-order valence-electron chi connectivity index (χ4n) is 7.14. The summed E-state index contributed by atoms with van der Waals surface area (Å²) in [6.07, 6.45) is 0.185. The summed E-state index contributed by atoms with van der Waals surface area (Å²) >= 11 is 0. The number of aliphatic hydroxyl groups is 1. The predicted octanol–water partition coefficient (Wildman–Crippen LogP) is -1.01. The molecule has 8 amide bonds. The van der Waals surface area contributed by atoms with Gasteiger partial charge in [-0.25, -0.2) is 4.79 Å². The molecular formula is C49H76N10O12. The van der Waals surface area contributed by atoms with Gasteiger partial charge in [0.15, 0.2) is 0 Å². The number of nitrogens with two attached hydrogens (primary N) is 2. The first kappa shape index (κ1) is 60.5. The van der Waals surface area contributed by atoms with Gasteiger partial charge in [0.25, 0.3) is 0 Å². The van der Waals surface area contributed by atoms with Crippen molar-refractivity contribution in [3.05, 3.63) is 65.7 Å². The van der Waals surface area contributed by atoms with Crippen molar-refractivity contribution < 1.29 is 58.5 Å². The largest absolute Gasteiger partial charge is 0.508 e. The van der Waals surface area contributed by atoms with Crippen LogP contribution in [0.3, 0.4) is 0 Å². The van der Waals surface area contributed by atoms with Gasteiger partial charge in [-0.2, -0.15) is 0 Å². The topological polar surface area (TPSA) is 363 Å². The predicted molar refractivity (Wildman–Crippen MR) is 264 cm³/mol. The molecule has 0 aromatic heterocycles. The highest BCUT2D eigenvalue weighted by molar-refractivity contribution is 5.97. The van der Waals surface area contributed by atoms with Crippen LogP contribution in [0.5, 0.6) is 5.75 Å². The number of aromatic hydroxyl groups is 1. The highest BCUT2D eigenvalue weighted by atomic mass is 16.4. The number of phenols is 1. The minimum atomic E-state index is -1.31. The Balaban J connectivity index is 2.31. The number of phenolic OH excluding ortho intramolecular Hbond substituents is 1. The van der Waals surface area contributed by atoms with Crippen molar-refractivity contribution in [3.8, 4) is 5.75 Å². The number of carbonyl (C=O) groups is 9. The van der Waals surface area contributed by atoms with E-state index in [-0.39, 0.29) is 43.9 Å². The lowest BCUT2D eigenvalue weighted by atomic mass is 9.97. The summed E-state index contributed by atoms with van der Waals surface area (Å²) in [5, 5.41) is 49.7. The van der Waals surface area contributed by atoms with Crippen molar-refractivity contribution in [1.82, 2.24) is 42.5 Å². The molecule has 9 atom stereocenters. The molecule has 0 aliphatic carbocycles. The van der Waals surface area contributed by atoms with Crippen molar-refractivity contribution in [2.75, 3.05) is 19.6 Å². The third-order valence-corrected chi connectivity index (χ3v) is 11.6. The second kappa shape index (κ2) is 30.8. The van der Waals surface area contributed by atoms with Crippen LogP contribution in [-0.4, -0.2) is 137 Å². The van der Waals surface area contributed by atoms with Crippen LogP contribution in [0.1, 0.15) is 91.7 Å². The summed E-state index contributed by atoms with van der Waals surface area (Å²) in [4.78, 5) is 120. The number of carboxylic acids is 1. The molecule has 394 valence electrons. The van der Waals surface area contributed by atoms with Crippen LogP contribution in [0.15, 0.2) is 54.6 Å². The highest BCUT2D eigenvalue weighted by Crippen LogP contribution is 2.15. The number of hydrogen-bond acceptors (Lipinski definition) is 13.